The molecule has 2 heterocycles. The van der Waals surface area contributed by atoms with Crippen molar-refractivity contribution in [3.05, 3.63) is 11.7 Å². The molecule has 19 heavy (non-hydrogen) atoms. The molecule has 0 atom stereocenters. The van der Waals surface area contributed by atoms with Crippen LogP contribution in [-0.4, -0.2) is 37.0 Å². The van der Waals surface area contributed by atoms with E-state index >= 15 is 0 Å². The molecule has 1 saturated carbocycles. The predicted molar refractivity (Wildman–Crippen MR) is 67.6 cm³/mol. The number of ether oxygens (including phenoxy) is 2. The van der Waals surface area contributed by atoms with Gasteiger partial charge in [0.15, 0.2) is 0 Å². The van der Waals surface area contributed by atoms with Crippen molar-refractivity contribution in [3.63, 3.8) is 0 Å². The summed E-state index contributed by atoms with van der Waals surface area (Å²) < 4.78 is 16.5. The highest BCUT2D eigenvalue weighted by Crippen LogP contribution is 2.43. The summed E-state index contributed by atoms with van der Waals surface area (Å²) in [5.74, 6) is 1.33. The fraction of sp³-hybridized carbons (Fsp3) is 0.846. The van der Waals surface area contributed by atoms with E-state index in [2.05, 4.69) is 10.1 Å². The molecule has 1 aliphatic heterocycles. The summed E-state index contributed by atoms with van der Waals surface area (Å²) in [7, 11) is 1.71. The van der Waals surface area contributed by atoms with Gasteiger partial charge in [-0.25, -0.2) is 0 Å². The van der Waals surface area contributed by atoms with Crippen molar-refractivity contribution in [1.29, 1.82) is 0 Å². The van der Waals surface area contributed by atoms with Gasteiger partial charge < -0.3 is 19.7 Å². The Labute approximate surface area is 112 Å². The van der Waals surface area contributed by atoms with Gasteiger partial charge in [0.25, 0.3) is 0 Å². The summed E-state index contributed by atoms with van der Waals surface area (Å²) in [6.45, 7) is 1.91. The fourth-order valence-electron chi connectivity index (χ4n) is 2.91. The molecule has 0 unspecified atom stereocenters. The average molecular weight is 267 g/mol. The molecule has 0 radical (unpaired) electrons. The number of hydrogen-bond donors (Lipinski definition) is 1. The molecule has 0 amide bonds. The average Bonchev–Trinajstić information content (AvgIpc) is 2.90. The van der Waals surface area contributed by atoms with E-state index in [1.807, 2.05) is 0 Å². The number of nitrogens with two attached hydrogens (primary N) is 1. The lowest BCUT2D eigenvalue weighted by Gasteiger charge is -2.37. The molecule has 0 spiro atoms. The first-order chi connectivity index (χ1) is 9.25. The van der Waals surface area contributed by atoms with Crippen LogP contribution in [0.1, 0.15) is 43.8 Å². The zero-order chi connectivity index (χ0) is 13.3. The van der Waals surface area contributed by atoms with Gasteiger partial charge >= 0.3 is 0 Å². The molecule has 2 fully saturated rings. The molecule has 2 N–H and O–H groups in total. The van der Waals surface area contributed by atoms with Gasteiger partial charge in [-0.2, -0.15) is 4.98 Å². The van der Waals surface area contributed by atoms with Gasteiger partial charge in [-0.3, -0.25) is 0 Å². The number of rotatable bonds is 4. The summed E-state index contributed by atoms with van der Waals surface area (Å²) in [6, 6.07) is 0. The van der Waals surface area contributed by atoms with E-state index in [4.69, 9.17) is 19.7 Å². The Morgan fingerprint density at radius 3 is 2.53 bits per heavy atom. The predicted octanol–water partition coefficient (Wildman–Crippen LogP) is 1.10. The van der Waals surface area contributed by atoms with Crippen LogP contribution in [0, 0.1) is 0 Å². The van der Waals surface area contributed by atoms with Gasteiger partial charge in [0, 0.05) is 26.9 Å². The second-order valence-corrected chi connectivity index (χ2v) is 5.57. The Balaban J connectivity index is 1.87. The minimum atomic E-state index is -0.331. The van der Waals surface area contributed by atoms with Gasteiger partial charge in [-0.05, 0) is 32.1 Å². The first kappa shape index (κ1) is 13.0. The molecule has 0 aromatic carbocycles. The van der Waals surface area contributed by atoms with Crippen LogP contribution in [0.3, 0.4) is 0 Å². The number of nitrogens with zero attached hydrogens (tertiary/aromatic N) is 2. The SMILES string of the molecule is COC1(c2noc(C3(CN)CCOCC3)n2)CCC1. The summed E-state index contributed by atoms with van der Waals surface area (Å²) in [4.78, 5) is 4.60. The Kier molecular flexibility index (Phi) is 3.32. The third-order valence-electron chi connectivity index (χ3n) is 4.68. The van der Waals surface area contributed by atoms with Crippen molar-refractivity contribution in [2.75, 3.05) is 26.9 Å². The van der Waals surface area contributed by atoms with E-state index in [1.165, 1.54) is 0 Å². The van der Waals surface area contributed by atoms with Crippen LogP contribution in [0.5, 0.6) is 0 Å². The highest BCUT2D eigenvalue weighted by Gasteiger charge is 2.45. The first-order valence-electron chi connectivity index (χ1n) is 6.92. The summed E-state index contributed by atoms with van der Waals surface area (Å²) >= 11 is 0. The lowest BCUT2D eigenvalue weighted by Crippen LogP contribution is -2.41. The molecular weight excluding hydrogens is 246 g/mol. The molecule has 106 valence electrons. The molecule has 1 aromatic heterocycles. The monoisotopic (exact) mass is 267 g/mol. The fourth-order valence-corrected chi connectivity index (χ4v) is 2.91. The molecule has 1 aromatic rings. The Bertz CT molecular complexity index is 431. The van der Waals surface area contributed by atoms with Crippen molar-refractivity contribution in [1.82, 2.24) is 10.1 Å². The Hall–Kier alpha value is -0.980. The molecule has 1 saturated heterocycles. The Morgan fingerprint density at radius 1 is 1.26 bits per heavy atom. The van der Waals surface area contributed by atoms with Gasteiger partial charge in [-0.15, -0.1) is 0 Å². The molecule has 3 rings (SSSR count). The summed E-state index contributed by atoms with van der Waals surface area (Å²) in [5, 5.41) is 4.14. The van der Waals surface area contributed by atoms with E-state index in [-0.39, 0.29) is 11.0 Å². The molecule has 6 nitrogen and oxygen atoms in total. The molecular formula is C13H21N3O3. The second kappa shape index (κ2) is 4.85. The number of methoxy groups -OCH3 is 1. The maximum atomic E-state index is 5.95. The maximum absolute atomic E-state index is 5.95. The van der Waals surface area contributed by atoms with Crippen molar-refractivity contribution < 1.29 is 14.0 Å². The van der Waals surface area contributed by atoms with E-state index in [0.717, 1.165) is 32.1 Å². The highest BCUT2D eigenvalue weighted by atomic mass is 16.5. The normalized spacial score (nSPS) is 24.9. The van der Waals surface area contributed by atoms with Gasteiger partial charge in [0.05, 0.1) is 5.41 Å². The van der Waals surface area contributed by atoms with Crippen molar-refractivity contribution in [3.8, 4) is 0 Å². The molecule has 0 bridgehead atoms. The zero-order valence-corrected chi connectivity index (χ0v) is 11.4. The molecule has 2 aliphatic rings. The quantitative estimate of drug-likeness (QED) is 0.879. The van der Waals surface area contributed by atoms with Crippen LogP contribution >= 0.6 is 0 Å². The lowest BCUT2D eigenvalue weighted by molar-refractivity contribution is -0.0858. The van der Waals surface area contributed by atoms with E-state index in [0.29, 0.717) is 31.5 Å². The van der Waals surface area contributed by atoms with Gasteiger partial charge in [0.1, 0.15) is 5.60 Å². The van der Waals surface area contributed by atoms with E-state index in [1.54, 1.807) is 7.11 Å². The number of hydrogen-bond acceptors (Lipinski definition) is 6. The molecule has 1 aliphatic carbocycles. The lowest BCUT2D eigenvalue weighted by atomic mass is 9.78. The maximum Gasteiger partial charge on any atom is 0.234 e. The van der Waals surface area contributed by atoms with Gasteiger partial charge in [-0.1, -0.05) is 5.16 Å². The minimum Gasteiger partial charge on any atom is -0.381 e. The van der Waals surface area contributed by atoms with Gasteiger partial charge in [0.2, 0.25) is 11.7 Å². The van der Waals surface area contributed by atoms with Crippen LogP contribution in [0.15, 0.2) is 4.52 Å². The Morgan fingerprint density at radius 2 is 2.00 bits per heavy atom. The van der Waals surface area contributed by atoms with Crippen LogP contribution in [0.4, 0.5) is 0 Å². The van der Waals surface area contributed by atoms with Crippen LogP contribution < -0.4 is 5.73 Å². The van der Waals surface area contributed by atoms with Crippen LogP contribution in [0.25, 0.3) is 0 Å². The molecule has 6 heteroatoms. The van der Waals surface area contributed by atoms with Crippen molar-refractivity contribution >= 4 is 0 Å². The zero-order valence-electron chi connectivity index (χ0n) is 11.4. The van der Waals surface area contributed by atoms with E-state index < -0.39 is 0 Å². The second-order valence-electron chi connectivity index (χ2n) is 5.57. The van der Waals surface area contributed by atoms with E-state index in [9.17, 15) is 0 Å². The van der Waals surface area contributed by atoms with Crippen molar-refractivity contribution in [2.45, 2.75) is 43.1 Å². The van der Waals surface area contributed by atoms with Crippen molar-refractivity contribution in [2.24, 2.45) is 5.73 Å². The standard InChI is InChI=1S/C13H21N3O3/c1-17-13(3-2-4-13)10-15-11(19-16-10)12(9-14)5-7-18-8-6-12/h2-9,14H2,1H3. The third kappa shape index (κ3) is 1.98. The first-order valence-corrected chi connectivity index (χ1v) is 6.92. The summed E-state index contributed by atoms with van der Waals surface area (Å²) in [6.07, 6.45) is 4.74. The third-order valence-corrected chi connectivity index (χ3v) is 4.68. The topological polar surface area (TPSA) is 83.4 Å². The smallest absolute Gasteiger partial charge is 0.234 e. The summed E-state index contributed by atoms with van der Waals surface area (Å²) in [5.41, 5.74) is 5.40. The van der Waals surface area contributed by atoms with Crippen LogP contribution in [0.2, 0.25) is 0 Å². The van der Waals surface area contributed by atoms with Crippen LogP contribution in [-0.2, 0) is 20.5 Å². The minimum absolute atomic E-state index is 0.220. The number of aromatic nitrogens is 2. The highest BCUT2D eigenvalue weighted by molar-refractivity contribution is 5.12. The largest absolute Gasteiger partial charge is 0.381 e.